The molecule has 1 heterocycles. The predicted molar refractivity (Wildman–Crippen MR) is 89.2 cm³/mol. The molecule has 1 saturated carbocycles. The van der Waals surface area contributed by atoms with Crippen LogP contribution in [0.1, 0.15) is 50.7 Å². The van der Waals surface area contributed by atoms with Crippen LogP contribution in [0.3, 0.4) is 0 Å². The van der Waals surface area contributed by atoms with Crippen LogP contribution in [0.25, 0.3) is 4.85 Å². The quantitative estimate of drug-likeness (QED) is 0.730. The number of amides is 1. The first-order valence-corrected chi connectivity index (χ1v) is 8.21. The minimum Gasteiger partial charge on any atom is -0.444 e. The van der Waals surface area contributed by atoms with Crippen molar-refractivity contribution < 1.29 is 9.53 Å². The fourth-order valence-corrected chi connectivity index (χ4v) is 3.59. The molecule has 1 saturated heterocycles. The zero-order chi connectivity index (χ0) is 16.8. The highest BCUT2D eigenvalue weighted by Gasteiger charge is 2.68. The maximum atomic E-state index is 12.6. The Bertz CT molecular complexity index is 647. The summed E-state index contributed by atoms with van der Waals surface area (Å²) in [4.78, 5) is 18.3. The molecule has 0 unspecified atom stereocenters. The van der Waals surface area contributed by atoms with Crippen LogP contribution >= 0.6 is 0 Å². The van der Waals surface area contributed by atoms with E-state index in [0.717, 1.165) is 18.4 Å². The molecular formula is C19H24N2O2. The largest absolute Gasteiger partial charge is 0.444 e. The number of carbonyl (C=O) groups is 1. The van der Waals surface area contributed by atoms with Crippen LogP contribution in [0.5, 0.6) is 0 Å². The second kappa shape index (κ2) is 5.26. The molecular weight excluding hydrogens is 288 g/mol. The zero-order valence-corrected chi connectivity index (χ0v) is 14.3. The van der Waals surface area contributed by atoms with E-state index in [4.69, 9.17) is 11.3 Å². The summed E-state index contributed by atoms with van der Waals surface area (Å²) >= 11 is 0. The highest BCUT2D eigenvalue weighted by molar-refractivity contribution is 5.71. The lowest BCUT2D eigenvalue weighted by molar-refractivity contribution is 0.0199. The van der Waals surface area contributed by atoms with Gasteiger partial charge in [-0.05, 0) is 46.1 Å². The van der Waals surface area contributed by atoms with Gasteiger partial charge in [-0.2, -0.15) is 0 Å². The summed E-state index contributed by atoms with van der Waals surface area (Å²) in [6, 6.07) is 8.16. The first kappa shape index (κ1) is 15.9. The molecule has 23 heavy (non-hydrogen) atoms. The fourth-order valence-electron chi connectivity index (χ4n) is 3.59. The molecule has 2 aliphatic rings. The smallest absolute Gasteiger partial charge is 0.411 e. The molecule has 1 amide bonds. The SMILES string of the molecule is [C-]#[N+][C@@H]1[C@@H](c2ccc(C)cc2)CN(C(=O)OC(C)(C)C)C12CC2. The van der Waals surface area contributed by atoms with E-state index in [9.17, 15) is 4.79 Å². The van der Waals surface area contributed by atoms with E-state index in [-0.39, 0.29) is 23.6 Å². The van der Waals surface area contributed by atoms with E-state index in [1.807, 2.05) is 25.7 Å². The van der Waals surface area contributed by atoms with Crippen LogP contribution < -0.4 is 0 Å². The molecule has 1 aliphatic carbocycles. The third-order valence-corrected chi connectivity index (χ3v) is 4.87. The van der Waals surface area contributed by atoms with E-state index in [1.54, 1.807) is 0 Å². The van der Waals surface area contributed by atoms with Crippen LogP contribution in [-0.4, -0.2) is 34.7 Å². The van der Waals surface area contributed by atoms with Crippen LogP contribution in [-0.2, 0) is 4.74 Å². The Morgan fingerprint density at radius 1 is 1.30 bits per heavy atom. The minimum absolute atomic E-state index is 0.0723. The van der Waals surface area contributed by atoms with Gasteiger partial charge < -0.3 is 9.58 Å². The summed E-state index contributed by atoms with van der Waals surface area (Å²) in [7, 11) is 0. The Morgan fingerprint density at radius 2 is 1.91 bits per heavy atom. The molecule has 0 radical (unpaired) electrons. The molecule has 2 fully saturated rings. The maximum absolute atomic E-state index is 12.6. The molecule has 1 aliphatic heterocycles. The minimum atomic E-state index is -0.511. The van der Waals surface area contributed by atoms with Crippen molar-refractivity contribution in [3.05, 3.63) is 46.8 Å². The number of nitrogens with zero attached hydrogens (tertiary/aromatic N) is 2. The molecule has 1 spiro atoms. The van der Waals surface area contributed by atoms with Gasteiger partial charge in [0.1, 0.15) is 11.1 Å². The van der Waals surface area contributed by atoms with E-state index in [2.05, 4.69) is 36.0 Å². The highest BCUT2D eigenvalue weighted by Crippen LogP contribution is 2.55. The molecule has 4 nitrogen and oxygen atoms in total. The number of hydrogen-bond acceptors (Lipinski definition) is 2. The molecule has 0 aromatic heterocycles. The standard InChI is InChI=1S/C19H24N2O2/c1-13-6-8-14(9-7-13)15-12-21(17(22)23-18(2,3)4)19(10-11-19)16(15)20-5/h6-9,15-16H,10-12H2,1-4H3/t15-,16-/m1/s1. The summed E-state index contributed by atoms with van der Waals surface area (Å²) in [5, 5.41) is 0. The topological polar surface area (TPSA) is 33.9 Å². The second-order valence-corrected chi connectivity index (χ2v) is 7.79. The summed E-state index contributed by atoms with van der Waals surface area (Å²) in [6.45, 7) is 15.9. The van der Waals surface area contributed by atoms with Gasteiger partial charge in [-0.15, -0.1) is 0 Å². The molecule has 1 aromatic carbocycles. The van der Waals surface area contributed by atoms with Crippen molar-refractivity contribution in [1.82, 2.24) is 4.90 Å². The molecule has 3 rings (SSSR count). The van der Waals surface area contributed by atoms with E-state index < -0.39 is 5.60 Å². The maximum Gasteiger partial charge on any atom is 0.411 e. The Kier molecular flexibility index (Phi) is 3.63. The number of ether oxygens (including phenoxy) is 1. The highest BCUT2D eigenvalue weighted by atomic mass is 16.6. The first-order valence-electron chi connectivity index (χ1n) is 8.21. The lowest BCUT2D eigenvalue weighted by Gasteiger charge is -2.27. The number of hydrogen-bond donors (Lipinski definition) is 0. The van der Waals surface area contributed by atoms with E-state index in [0.29, 0.717) is 6.54 Å². The lowest BCUT2D eigenvalue weighted by Crippen LogP contribution is -2.43. The Morgan fingerprint density at radius 3 is 2.39 bits per heavy atom. The number of carbonyl (C=O) groups excluding carboxylic acids is 1. The van der Waals surface area contributed by atoms with Crippen molar-refractivity contribution in [3.8, 4) is 0 Å². The van der Waals surface area contributed by atoms with Gasteiger partial charge in [0.25, 0.3) is 6.04 Å². The molecule has 4 heteroatoms. The number of benzene rings is 1. The van der Waals surface area contributed by atoms with Crippen molar-refractivity contribution in [1.29, 1.82) is 0 Å². The molecule has 2 atom stereocenters. The van der Waals surface area contributed by atoms with Crippen molar-refractivity contribution in [2.24, 2.45) is 0 Å². The average molecular weight is 312 g/mol. The van der Waals surface area contributed by atoms with Crippen LogP contribution in [0.15, 0.2) is 24.3 Å². The average Bonchev–Trinajstić information content (AvgIpc) is 3.15. The normalized spacial score (nSPS) is 25.3. The van der Waals surface area contributed by atoms with Gasteiger partial charge in [0.05, 0.1) is 5.92 Å². The number of likely N-dealkylation sites (tertiary alicyclic amines) is 1. The Hall–Kier alpha value is -2.02. The van der Waals surface area contributed by atoms with Gasteiger partial charge in [-0.1, -0.05) is 29.8 Å². The summed E-state index contributed by atoms with van der Waals surface area (Å²) < 4.78 is 5.58. The van der Waals surface area contributed by atoms with Gasteiger partial charge >= 0.3 is 6.09 Å². The van der Waals surface area contributed by atoms with Crippen molar-refractivity contribution in [2.45, 2.75) is 63.6 Å². The number of aryl methyl sites for hydroxylation is 1. The van der Waals surface area contributed by atoms with Gasteiger partial charge in [-0.25, -0.2) is 11.4 Å². The lowest BCUT2D eigenvalue weighted by atomic mass is 9.90. The monoisotopic (exact) mass is 312 g/mol. The van der Waals surface area contributed by atoms with Crippen molar-refractivity contribution in [3.63, 3.8) is 0 Å². The molecule has 0 N–H and O–H groups in total. The van der Waals surface area contributed by atoms with Crippen molar-refractivity contribution >= 4 is 6.09 Å². The molecule has 0 bridgehead atoms. The van der Waals surface area contributed by atoms with Crippen LogP contribution in [0.4, 0.5) is 4.79 Å². The summed E-state index contributed by atoms with van der Waals surface area (Å²) in [5.74, 6) is 0.0723. The van der Waals surface area contributed by atoms with E-state index >= 15 is 0 Å². The summed E-state index contributed by atoms with van der Waals surface area (Å²) in [5.41, 5.74) is 1.53. The Labute approximate surface area is 138 Å². The fraction of sp³-hybridized carbons (Fsp3) is 0.579. The zero-order valence-electron chi connectivity index (χ0n) is 14.3. The first-order chi connectivity index (χ1) is 10.8. The van der Waals surface area contributed by atoms with Crippen LogP contribution in [0.2, 0.25) is 0 Å². The van der Waals surface area contributed by atoms with E-state index in [1.165, 1.54) is 5.56 Å². The van der Waals surface area contributed by atoms with Crippen LogP contribution in [0, 0.1) is 13.5 Å². The predicted octanol–water partition coefficient (Wildman–Crippen LogP) is 4.15. The molecule has 122 valence electrons. The third kappa shape index (κ3) is 2.81. The third-order valence-electron chi connectivity index (χ3n) is 4.87. The summed E-state index contributed by atoms with van der Waals surface area (Å²) in [6.07, 6.45) is 1.53. The molecule has 1 aromatic rings. The van der Waals surface area contributed by atoms with Gasteiger partial charge in [-0.3, -0.25) is 4.90 Å². The second-order valence-electron chi connectivity index (χ2n) is 7.79. The van der Waals surface area contributed by atoms with Gasteiger partial charge in [0.15, 0.2) is 0 Å². The Balaban J connectivity index is 1.88. The number of rotatable bonds is 1. The van der Waals surface area contributed by atoms with Crippen molar-refractivity contribution in [2.75, 3.05) is 6.54 Å². The van der Waals surface area contributed by atoms with Gasteiger partial charge in [0.2, 0.25) is 0 Å². The van der Waals surface area contributed by atoms with Gasteiger partial charge in [0, 0.05) is 6.54 Å².